The molecule has 0 bridgehead atoms. The van der Waals surface area contributed by atoms with E-state index in [1.54, 1.807) is 6.92 Å². The van der Waals surface area contributed by atoms with E-state index in [-0.39, 0.29) is 5.97 Å². The first kappa shape index (κ1) is 11.2. The van der Waals surface area contributed by atoms with Crippen LogP contribution in [0.3, 0.4) is 0 Å². The van der Waals surface area contributed by atoms with Crippen LogP contribution in [0.5, 0.6) is 0 Å². The molecule has 2 rings (SSSR count). The van der Waals surface area contributed by atoms with Gasteiger partial charge in [-0.3, -0.25) is 0 Å². The number of hydrogen-bond acceptors (Lipinski definition) is 3. The summed E-state index contributed by atoms with van der Waals surface area (Å²) in [5.41, 5.74) is 1.27. The first-order valence-electron chi connectivity index (χ1n) is 5.96. The molecule has 4 nitrogen and oxygen atoms in total. The molecule has 0 aromatic carbocycles. The summed E-state index contributed by atoms with van der Waals surface area (Å²) in [5, 5.41) is 0. The van der Waals surface area contributed by atoms with E-state index in [2.05, 4.69) is 9.97 Å². The summed E-state index contributed by atoms with van der Waals surface area (Å²) in [7, 11) is 0. The van der Waals surface area contributed by atoms with Gasteiger partial charge in [-0.05, 0) is 26.7 Å². The number of rotatable bonds is 3. The maximum Gasteiger partial charge on any atom is 0.358 e. The highest BCUT2D eigenvalue weighted by molar-refractivity contribution is 5.88. The fourth-order valence-corrected chi connectivity index (χ4v) is 2.27. The Balaban J connectivity index is 2.17. The zero-order valence-electron chi connectivity index (χ0n) is 9.88. The second kappa shape index (κ2) is 4.68. The number of aryl methyl sites for hydroxylation is 1. The second-order valence-electron chi connectivity index (χ2n) is 4.30. The molecule has 0 aliphatic heterocycles. The average Bonchev–Trinajstić information content (AvgIpc) is 2.86. The number of hydrogen-bond donors (Lipinski definition) is 1. The minimum absolute atomic E-state index is 0.319. The van der Waals surface area contributed by atoms with Gasteiger partial charge in [0.2, 0.25) is 0 Å². The highest BCUT2D eigenvalue weighted by Crippen LogP contribution is 2.32. The lowest BCUT2D eigenvalue weighted by atomic mass is 10.1. The number of nitrogens with zero attached hydrogens (tertiary/aromatic N) is 1. The topological polar surface area (TPSA) is 55.0 Å². The molecule has 0 unspecified atom stereocenters. The summed E-state index contributed by atoms with van der Waals surface area (Å²) in [4.78, 5) is 19.2. The van der Waals surface area contributed by atoms with Crippen molar-refractivity contribution in [1.82, 2.24) is 9.97 Å². The summed E-state index contributed by atoms with van der Waals surface area (Å²) < 4.78 is 4.96. The fourth-order valence-electron chi connectivity index (χ4n) is 2.27. The van der Waals surface area contributed by atoms with Crippen molar-refractivity contribution in [3.8, 4) is 0 Å². The van der Waals surface area contributed by atoms with Crippen molar-refractivity contribution in [2.24, 2.45) is 0 Å². The number of imidazole rings is 1. The monoisotopic (exact) mass is 222 g/mol. The number of nitrogens with one attached hydrogen (secondary N) is 1. The lowest BCUT2D eigenvalue weighted by Gasteiger charge is -2.03. The van der Waals surface area contributed by atoms with E-state index in [9.17, 15) is 4.79 Å². The minimum Gasteiger partial charge on any atom is -0.461 e. The summed E-state index contributed by atoms with van der Waals surface area (Å²) in [6.45, 7) is 4.07. The quantitative estimate of drug-likeness (QED) is 0.799. The highest BCUT2D eigenvalue weighted by Gasteiger charge is 2.23. The first-order chi connectivity index (χ1) is 7.72. The van der Waals surface area contributed by atoms with Crippen molar-refractivity contribution < 1.29 is 9.53 Å². The van der Waals surface area contributed by atoms with E-state index in [1.807, 2.05) is 6.92 Å². The molecular weight excluding hydrogens is 204 g/mol. The van der Waals surface area contributed by atoms with Crippen LogP contribution >= 0.6 is 0 Å². The second-order valence-corrected chi connectivity index (χ2v) is 4.30. The first-order valence-corrected chi connectivity index (χ1v) is 5.96. The predicted molar refractivity (Wildman–Crippen MR) is 60.5 cm³/mol. The lowest BCUT2D eigenvalue weighted by molar-refractivity contribution is 0.0519. The van der Waals surface area contributed by atoms with Gasteiger partial charge in [-0.25, -0.2) is 9.78 Å². The summed E-state index contributed by atoms with van der Waals surface area (Å²) in [6.07, 6.45) is 4.88. The molecule has 1 fully saturated rings. The van der Waals surface area contributed by atoms with Crippen LogP contribution in [0.4, 0.5) is 0 Å². The largest absolute Gasteiger partial charge is 0.461 e. The van der Waals surface area contributed by atoms with Crippen molar-refractivity contribution in [2.75, 3.05) is 6.61 Å². The van der Waals surface area contributed by atoms with Gasteiger partial charge in [0.25, 0.3) is 0 Å². The lowest BCUT2D eigenvalue weighted by Crippen LogP contribution is -2.07. The van der Waals surface area contributed by atoms with Crippen molar-refractivity contribution in [3.05, 3.63) is 17.2 Å². The molecule has 1 aliphatic carbocycles. The third-order valence-electron chi connectivity index (χ3n) is 3.11. The Morgan fingerprint density at radius 3 is 2.81 bits per heavy atom. The maximum absolute atomic E-state index is 11.6. The zero-order chi connectivity index (χ0) is 11.5. The Hall–Kier alpha value is -1.32. The number of ether oxygens (including phenoxy) is 1. The Kier molecular flexibility index (Phi) is 3.27. The van der Waals surface area contributed by atoms with Gasteiger partial charge in [-0.1, -0.05) is 12.8 Å². The normalized spacial score (nSPS) is 16.6. The van der Waals surface area contributed by atoms with Crippen LogP contribution in [-0.2, 0) is 4.74 Å². The Bertz CT molecular complexity index is 378. The number of carbonyl (C=O) groups is 1. The molecule has 16 heavy (non-hydrogen) atoms. The van der Waals surface area contributed by atoms with E-state index in [0.29, 0.717) is 18.2 Å². The zero-order valence-corrected chi connectivity index (χ0v) is 9.88. The summed E-state index contributed by atoms with van der Waals surface area (Å²) in [5.74, 6) is 1.14. The minimum atomic E-state index is -0.319. The molecule has 0 saturated heterocycles. The van der Waals surface area contributed by atoms with Gasteiger partial charge in [0.15, 0.2) is 5.69 Å². The average molecular weight is 222 g/mol. The molecule has 1 aromatic rings. The SMILES string of the molecule is CCOC(=O)c1nc(C2CCCC2)[nH]c1C. The van der Waals surface area contributed by atoms with E-state index in [4.69, 9.17) is 4.74 Å². The molecular formula is C12H18N2O2. The van der Waals surface area contributed by atoms with E-state index in [0.717, 1.165) is 11.5 Å². The van der Waals surface area contributed by atoms with Gasteiger partial charge in [-0.2, -0.15) is 0 Å². The van der Waals surface area contributed by atoms with Crippen LogP contribution in [0, 0.1) is 6.92 Å². The van der Waals surface area contributed by atoms with Crippen molar-refractivity contribution in [1.29, 1.82) is 0 Å². The van der Waals surface area contributed by atoms with Crippen LogP contribution in [0.1, 0.15) is 60.5 Å². The van der Waals surface area contributed by atoms with Gasteiger partial charge in [0.05, 0.1) is 6.61 Å². The van der Waals surface area contributed by atoms with E-state index < -0.39 is 0 Å². The van der Waals surface area contributed by atoms with Gasteiger partial charge in [0, 0.05) is 11.6 Å². The molecule has 1 N–H and O–H groups in total. The van der Waals surface area contributed by atoms with E-state index >= 15 is 0 Å². The van der Waals surface area contributed by atoms with Gasteiger partial charge >= 0.3 is 5.97 Å². The van der Waals surface area contributed by atoms with Crippen molar-refractivity contribution >= 4 is 5.97 Å². The Morgan fingerprint density at radius 2 is 2.19 bits per heavy atom. The molecule has 1 aliphatic rings. The number of H-pyrrole nitrogens is 1. The molecule has 1 saturated carbocycles. The predicted octanol–water partition coefficient (Wildman–Crippen LogP) is 2.55. The van der Waals surface area contributed by atoms with Crippen LogP contribution in [0.25, 0.3) is 0 Å². The molecule has 0 radical (unpaired) electrons. The van der Waals surface area contributed by atoms with Crippen molar-refractivity contribution in [2.45, 2.75) is 45.4 Å². The molecule has 0 spiro atoms. The van der Waals surface area contributed by atoms with Crippen LogP contribution in [-0.4, -0.2) is 22.5 Å². The molecule has 88 valence electrons. The number of aromatic amines is 1. The van der Waals surface area contributed by atoms with E-state index in [1.165, 1.54) is 25.7 Å². The molecule has 4 heteroatoms. The molecule has 1 aromatic heterocycles. The Morgan fingerprint density at radius 1 is 1.50 bits per heavy atom. The number of esters is 1. The Labute approximate surface area is 95.4 Å². The highest BCUT2D eigenvalue weighted by atomic mass is 16.5. The maximum atomic E-state index is 11.6. The van der Waals surface area contributed by atoms with Crippen LogP contribution in [0.15, 0.2) is 0 Å². The number of aromatic nitrogens is 2. The van der Waals surface area contributed by atoms with Crippen LogP contribution < -0.4 is 0 Å². The summed E-state index contributed by atoms with van der Waals surface area (Å²) >= 11 is 0. The van der Waals surface area contributed by atoms with Crippen molar-refractivity contribution in [3.63, 3.8) is 0 Å². The van der Waals surface area contributed by atoms with Gasteiger partial charge in [-0.15, -0.1) is 0 Å². The smallest absolute Gasteiger partial charge is 0.358 e. The molecule has 0 atom stereocenters. The third-order valence-corrected chi connectivity index (χ3v) is 3.11. The summed E-state index contributed by atoms with van der Waals surface area (Å²) in [6, 6.07) is 0. The third kappa shape index (κ3) is 2.10. The number of carbonyl (C=O) groups excluding carboxylic acids is 1. The molecule has 1 heterocycles. The van der Waals surface area contributed by atoms with Gasteiger partial charge in [0.1, 0.15) is 5.82 Å². The fraction of sp³-hybridized carbons (Fsp3) is 0.667. The van der Waals surface area contributed by atoms with Gasteiger partial charge < -0.3 is 9.72 Å². The standard InChI is InChI=1S/C12H18N2O2/c1-3-16-12(15)10-8(2)13-11(14-10)9-6-4-5-7-9/h9H,3-7H2,1-2H3,(H,13,14). The molecule has 0 amide bonds. The van der Waals surface area contributed by atoms with Crippen LogP contribution in [0.2, 0.25) is 0 Å².